The first-order chi connectivity index (χ1) is 16.7. The van der Waals surface area contributed by atoms with Crippen LogP contribution in [0.5, 0.6) is 11.5 Å². The summed E-state index contributed by atoms with van der Waals surface area (Å²) in [6, 6.07) is 21.1. The van der Waals surface area contributed by atoms with E-state index in [1.165, 1.54) is 0 Å². The minimum atomic E-state index is -0.743. The summed E-state index contributed by atoms with van der Waals surface area (Å²) < 4.78 is 12.0. The maximum atomic E-state index is 13.4. The summed E-state index contributed by atoms with van der Waals surface area (Å²) in [6.07, 6.45) is 0. The van der Waals surface area contributed by atoms with Gasteiger partial charge in [0.05, 0.1) is 12.2 Å². The Balaban J connectivity index is 1.42. The monoisotopic (exact) mass is 489 g/mol. The van der Waals surface area contributed by atoms with Crippen LogP contribution in [0.1, 0.15) is 50.3 Å². The first-order valence-corrected chi connectivity index (χ1v) is 12.0. The number of rotatable bonds is 4. The zero-order valence-electron chi connectivity index (χ0n) is 20.2. The van der Waals surface area contributed by atoms with Crippen molar-refractivity contribution >= 4 is 34.6 Å². The Morgan fingerprint density at radius 2 is 1.74 bits per heavy atom. The fraction of sp³-hybridized carbons (Fsp3) is 0.250. The molecule has 0 radical (unpaired) electrons. The standard InChI is InChI=1S/C28H28ClN3O3/c1-17(2)22-14-21(15-24-26(22)35-28(3,4)34-24)30-27(33)32-16-23(18-8-6-5-7-9-18)25(31-32)19-10-12-20(29)13-11-19/h5-15,17,31H,16H2,1-4H3,(H,30,33). The van der Waals surface area contributed by atoms with Gasteiger partial charge in [0.15, 0.2) is 11.5 Å². The van der Waals surface area contributed by atoms with Crippen molar-refractivity contribution in [1.29, 1.82) is 0 Å². The summed E-state index contributed by atoms with van der Waals surface area (Å²) in [5, 5.41) is 5.27. The van der Waals surface area contributed by atoms with Crippen LogP contribution in [0.3, 0.4) is 0 Å². The Labute approximate surface area is 210 Å². The van der Waals surface area contributed by atoms with Gasteiger partial charge in [-0.25, -0.2) is 9.80 Å². The molecule has 2 N–H and O–H groups in total. The third kappa shape index (κ3) is 4.66. The van der Waals surface area contributed by atoms with Crippen molar-refractivity contribution in [3.63, 3.8) is 0 Å². The number of carbonyl (C=O) groups is 1. The Hall–Kier alpha value is -3.64. The fourth-order valence-corrected chi connectivity index (χ4v) is 4.49. The van der Waals surface area contributed by atoms with Crippen molar-refractivity contribution in [2.45, 2.75) is 39.4 Å². The van der Waals surface area contributed by atoms with Gasteiger partial charge < -0.3 is 14.8 Å². The van der Waals surface area contributed by atoms with Gasteiger partial charge >= 0.3 is 6.03 Å². The van der Waals surface area contributed by atoms with Crippen LogP contribution in [0, 0.1) is 0 Å². The second-order valence-electron chi connectivity index (χ2n) is 9.51. The van der Waals surface area contributed by atoms with E-state index >= 15 is 0 Å². The van der Waals surface area contributed by atoms with Gasteiger partial charge in [-0.05, 0) is 35.2 Å². The van der Waals surface area contributed by atoms with E-state index < -0.39 is 5.79 Å². The summed E-state index contributed by atoms with van der Waals surface area (Å²) in [5.41, 5.74) is 8.85. The molecule has 2 aliphatic heterocycles. The van der Waals surface area contributed by atoms with Crippen molar-refractivity contribution < 1.29 is 14.3 Å². The number of halogens is 1. The summed E-state index contributed by atoms with van der Waals surface area (Å²) in [5.74, 6) is 0.828. The predicted molar refractivity (Wildman–Crippen MR) is 139 cm³/mol. The van der Waals surface area contributed by atoms with Crippen LogP contribution in [-0.2, 0) is 0 Å². The first kappa shape index (κ1) is 23.1. The number of hydrazine groups is 1. The molecule has 0 saturated heterocycles. The van der Waals surface area contributed by atoms with Crippen molar-refractivity contribution in [2.75, 3.05) is 11.9 Å². The van der Waals surface area contributed by atoms with Crippen LogP contribution >= 0.6 is 11.6 Å². The number of fused-ring (bicyclic) bond motifs is 1. The number of nitrogens with one attached hydrogen (secondary N) is 2. The number of carbonyl (C=O) groups excluding carboxylic acids is 1. The van der Waals surface area contributed by atoms with Crippen LogP contribution in [0.15, 0.2) is 66.7 Å². The van der Waals surface area contributed by atoms with Crippen molar-refractivity contribution in [3.8, 4) is 11.5 Å². The molecule has 6 nitrogen and oxygen atoms in total. The summed E-state index contributed by atoms with van der Waals surface area (Å²) in [4.78, 5) is 13.4. The molecule has 35 heavy (non-hydrogen) atoms. The van der Waals surface area contributed by atoms with Gasteiger partial charge in [-0.15, -0.1) is 0 Å². The van der Waals surface area contributed by atoms with Crippen LogP contribution in [0.4, 0.5) is 10.5 Å². The Morgan fingerprint density at radius 1 is 1.03 bits per heavy atom. The second-order valence-corrected chi connectivity index (χ2v) is 9.94. The normalized spacial score (nSPS) is 16.0. The van der Waals surface area contributed by atoms with Gasteiger partial charge in [0.25, 0.3) is 0 Å². The highest BCUT2D eigenvalue weighted by molar-refractivity contribution is 6.30. The molecule has 0 aliphatic carbocycles. The van der Waals surface area contributed by atoms with E-state index in [-0.39, 0.29) is 11.9 Å². The molecule has 0 fully saturated rings. The quantitative estimate of drug-likeness (QED) is 0.418. The van der Waals surface area contributed by atoms with Crippen molar-refractivity contribution in [3.05, 3.63) is 88.4 Å². The van der Waals surface area contributed by atoms with E-state index in [0.717, 1.165) is 33.7 Å². The molecule has 2 aliphatic rings. The van der Waals surface area contributed by atoms with Gasteiger partial charge in [0, 0.05) is 41.8 Å². The maximum absolute atomic E-state index is 13.4. The lowest BCUT2D eigenvalue weighted by atomic mass is 10.0. The Morgan fingerprint density at radius 3 is 2.43 bits per heavy atom. The number of urea groups is 1. The molecule has 0 aromatic heterocycles. The third-order valence-corrected chi connectivity index (χ3v) is 6.28. The van der Waals surface area contributed by atoms with E-state index in [0.29, 0.717) is 23.0 Å². The van der Waals surface area contributed by atoms with E-state index in [1.807, 2.05) is 80.6 Å². The second kappa shape index (κ2) is 8.86. The number of nitrogens with zero attached hydrogens (tertiary/aromatic N) is 1. The first-order valence-electron chi connectivity index (χ1n) is 11.7. The molecule has 0 saturated carbocycles. The molecule has 2 heterocycles. The number of anilines is 1. The van der Waals surface area contributed by atoms with Gasteiger partial charge in [0.1, 0.15) is 0 Å². The lowest BCUT2D eigenvalue weighted by molar-refractivity contribution is -0.0435. The summed E-state index contributed by atoms with van der Waals surface area (Å²) >= 11 is 6.10. The van der Waals surface area contributed by atoms with E-state index in [1.54, 1.807) is 5.01 Å². The highest BCUT2D eigenvalue weighted by atomic mass is 35.5. The predicted octanol–water partition coefficient (Wildman–Crippen LogP) is 6.89. The molecule has 3 aromatic carbocycles. The van der Waals surface area contributed by atoms with E-state index in [4.69, 9.17) is 21.1 Å². The Kier molecular flexibility index (Phi) is 5.85. The number of amides is 2. The lowest BCUT2D eigenvalue weighted by Crippen LogP contribution is -2.40. The highest BCUT2D eigenvalue weighted by Crippen LogP contribution is 2.46. The molecular formula is C28H28ClN3O3. The number of hydrogen-bond acceptors (Lipinski definition) is 4. The van der Waals surface area contributed by atoms with E-state index in [2.05, 4.69) is 24.6 Å². The average Bonchev–Trinajstić information content (AvgIpc) is 3.40. The third-order valence-electron chi connectivity index (χ3n) is 6.03. The summed E-state index contributed by atoms with van der Waals surface area (Å²) in [6.45, 7) is 8.33. The van der Waals surface area contributed by atoms with Crippen LogP contribution in [0.2, 0.25) is 5.02 Å². The minimum Gasteiger partial charge on any atom is -0.449 e. The average molecular weight is 490 g/mol. The molecule has 3 aromatic rings. The number of ether oxygens (including phenoxy) is 2. The topological polar surface area (TPSA) is 62.8 Å². The molecule has 7 heteroatoms. The van der Waals surface area contributed by atoms with Crippen molar-refractivity contribution in [1.82, 2.24) is 10.4 Å². The van der Waals surface area contributed by atoms with Gasteiger partial charge in [-0.2, -0.15) is 0 Å². The molecule has 180 valence electrons. The fourth-order valence-electron chi connectivity index (χ4n) is 4.36. The molecule has 0 spiro atoms. The molecular weight excluding hydrogens is 462 g/mol. The molecule has 5 rings (SSSR count). The van der Waals surface area contributed by atoms with Crippen LogP contribution in [0.25, 0.3) is 11.3 Å². The molecule has 0 atom stereocenters. The number of benzene rings is 3. The SMILES string of the molecule is CC(C)c1cc(NC(=O)N2CC(c3ccccc3)=C(c3ccc(Cl)cc3)N2)cc2c1OC(C)(C)O2. The minimum absolute atomic E-state index is 0.200. The zero-order valence-corrected chi connectivity index (χ0v) is 20.9. The Bertz CT molecular complexity index is 1300. The number of hydrogen-bond donors (Lipinski definition) is 2. The van der Waals surface area contributed by atoms with E-state index in [9.17, 15) is 4.79 Å². The maximum Gasteiger partial charge on any atom is 0.340 e. The molecule has 2 amide bonds. The smallest absolute Gasteiger partial charge is 0.340 e. The van der Waals surface area contributed by atoms with Crippen LogP contribution in [-0.4, -0.2) is 23.4 Å². The van der Waals surface area contributed by atoms with Gasteiger partial charge in [0.2, 0.25) is 5.79 Å². The van der Waals surface area contributed by atoms with Gasteiger partial charge in [-0.3, -0.25) is 5.43 Å². The van der Waals surface area contributed by atoms with Crippen LogP contribution < -0.4 is 20.2 Å². The van der Waals surface area contributed by atoms with Gasteiger partial charge in [-0.1, -0.05) is 67.9 Å². The highest BCUT2D eigenvalue weighted by Gasteiger charge is 2.35. The largest absolute Gasteiger partial charge is 0.449 e. The zero-order chi connectivity index (χ0) is 24.7. The lowest BCUT2D eigenvalue weighted by Gasteiger charge is -2.20. The molecule has 0 unspecified atom stereocenters. The summed E-state index contributed by atoms with van der Waals surface area (Å²) in [7, 11) is 0. The molecule has 0 bridgehead atoms. The van der Waals surface area contributed by atoms with Crippen molar-refractivity contribution in [2.24, 2.45) is 0 Å².